The van der Waals surface area contributed by atoms with Crippen molar-refractivity contribution in [1.82, 2.24) is 14.7 Å². The molecule has 0 aliphatic carbocycles. The summed E-state index contributed by atoms with van der Waals surface area (Å²) >= 11 is 0. The Hall–Kier alpha value is -1.61. The van der Waals surface area contributed by atoms with Crippen LogP contribution in [-0.2, 0) is 13.6 Å². The molecule has 3 heteroatoms. The lowest BCUT2D eigenvalue weighted by molar-refractivity contribution is 0.200. The first-order valence-electron chi connectivity index (χ1n) is 7.48. The normalized spacial score (nSPS) is 20.2. The summed E-state index contributed by atoms with van der Waals surface area (Å²) in [5, 5.41) is 4.26. The highest BCUT2D eigenvalue weighted by atomic mass is 15.2. The van der Waals surface area contributed by atoms with Crippen molar-refractivity contribution in [1.29, 1.82) is 0 Å². The number of hydrogen-bond acceptors (Lipinski definition) is 2. The molecular weight excluding hydrogens is 246 g/mol. The number of likely N-dealkylation sites (tertiary alicyclic amines) is 1. The van der Waals surface area contributed by atoms with E-state index in [1.165, 1.54) is 42.6 Å². The van der Waals surface area contributed by atoms with Crippen LogP contribution >= 0.6 is 0 Å². The van der Waals surface area contributed by atoms with E-state index in [4.69, 9.17) is 0 Å². The van der Waals surface area contributed by atoms with Crippen LogP contribution in [0.1, 0.15) is 35.4 Å². The Morgan fingerprint density at radius 1 is 1.30 bits per heavy atom. The molecule has 1 unspecified atom stereocenters. The SMILES string of the molecule is Cc1ccccc1C1CCCN(Cc2cnn(C)c2)C1. The van der Waals surface area contributed by atoms with Crippen LogP contribution in [0.4, 0.5) is 0 Å². The van der Waals surface area contributed by atoms with Crippen molar-refractivity contribution in [2.75, 3.05) is 13.1 Å². The molecule has 1 atom stereocenters. The lowest BCUT2D eigenvalue weighted by Gasteiger charge is -2.33. The number of aromatic nitrogens is 2. The molecule has 1 fully saturated rings. The third-order valence-electron chi connectivity index (χ3n) is 4.30. The van der Waals surface area contributed by atoms with Crippen LogP contribution in [0.25, 0.3) is 0 Å². The van der Waals surface area contributed by atoms with Gasteiger partial charge in [0.1, 0.15) is 0 Å². The van der Waals surface area contributed by atoms with Gasteiger partial charge in [-0.2, -0.15) is 5.10 Å². The molecule has 3 nitrogen and oxygen atoms in total. The van der Waals surface area contributed by atoms with Gasteiger partial charge in [-0.15, -0.1) is 0 Å². The Labute approximate surface area is 121 Å². The first-order valence-corrected chi connectivity index (χ1v) is 7.48. The van der Waals surface area contributed by atoms with Crippen molar-refractivity contribution in [3.63, 3.8) is 0 Å². The topological polar surface area (TPSA) is 21.1 Å². The van der Waals surface area contributed by atoms with Crippen molar-refractivity contribution in [2.45, 2.75) is 32.2 Å². The average Bonchev–Trinajstić information content (AvgIpc) is 2.85. The highest BCUT2D eigenvalue weighted by Gasteiger charge is 2.22. The first-order chi connectivity index (χ1) is 9.72. The Morgan fingerprint density at radius 2 is 2.15 bits per heavy atom. The van der Waals surface area contributed by atoms with Gasteiger partial charge in [-0.3, -0.25) is 9.58 Å². The van der Waals surface area contributed by atoms with Crippen molar-refractivity contribution in [3.05, 3.63) is 53.3 Å². The fourth-order valence-electron chi connectivity index (χ4n) is 3.31. The number of benzene rings is 1. The lowest BCUT2D eigenvalue weighted by Crippen LogP contribution is -2.34. The molecule has 106 valence electrons. The van der Waals surface area contributed by atoms with Gasteiger partial charge < -0.3 is 0 Å². The zero-order chi connectivity index (χ0) is 13.9. The molecule has 0 amide bonds. The highest BCUT2D eigenvalue weighted by molar-refractivity contribution is 5.29. The summed E-state index contributed by atoms with van der Waals surface area (Å²) in [4.78, 5) is 2.57. The molecule has 20 heavy (non-hydrogen) atoms. The van der Waals surface area contributed by atoms with E-state index in [0.29, 0.717) is 5.92 Å². The van der Waals surface area contributed by atoms with Gasteiger partial charge in [0.25, 0.3) is 0 Å². The van der Waals surface area contributed by atoms with E-state index in [1.807, 2.05) is 17.9 Å². The van der Waals surface area contributed by atoms with Crippen molar-refractivity contribution >= 4 is 0 Å². The Kier molecular flexibility index (Phi) is 3.88. The number of nitrogens with zero attached hydrogens (tertiary/aromatic N) is 3. The number of aryl methyl sites for hydroxylation is 2. The van der Waals surface area contributed by atoms with Crippen LogP contribution in [0.15, 0.2) is 36.7 Å². The average molecular weight is 269 g/mol. The van der Waals surface area contributed by atoms with E-state index in [-0.39, 0.29) is 0 Å². The zero-order valence-electron chi connectivity index (χ0n) is 12.4. The standard InChI is InChI=1S/C17H23N3/c1-14-6-3-4-8-17(14)16-7-5-9-20(13-16)12-15-10-18-19(2)11-15/h3-4,6,8,10-11,16H,5,7,9,12-13H2,1-2H3. The number of piperidine rings is 1. The van der Waals surface area contributed by atoms with Gasteiger partial charge in [0.2, 0.25) is 0 Å². The molecule has 2 heterocycles. The fourth-order valence-corrected chi connectivity index (χ4v) is 3.31. The minimum Gasteiger partial charge on any atom is -0.298 e. The Morgan fingerprint density at radius 3 is 2.90 bits per heavy atom. The smallest absolute Gasteiger partial charge is 0.0534 e. The fraction of sp³-hybridized carbons (Fsp3) is 0.471. The molecule has 1 aromatic heterocycles. The van der Waals surface area contributed by atoms with Crippen LogP contribution < -0.4 is 0 Å². The molecule has 0 radical (unpaired) electrons. The van der Waals surface area contributed by atoms with E-state index >= 15 is 0 Å². The molecule has 1 saturated heterocycles. The van der Waals surface area contributed by atoms with Crippen molar-refractivity contribution in [3.8, 4) is 0 Å². The maximum absolute atomic E-state index is 4.26. The van der Waals surface area contributed by atoms with Gasteiger partial charge in [-0.1, -0.05) is 24.3 Å². The third kappa shape index (κ3) is 2.93. The first kappa shape index (κ1) is 13.4. The quantitative estimate of drug-likeness (QED) is 0.853. The van der Waals surface area contributed by atoms with E-state index in [1.54, 1.807) is 0 Å². The van der Waals surface area contributed by atoms with Crippen molar-refractivity contribution in [2.24, 2.45) is 7.05 Å². The van der Waals surface area contributed by atoms with Gasteiger partial charge in [-0.05, 0) is 43.4 Å². The van der Waals surface area contributed by atoms with Crippen LogP contribution in [0, 0.1) is 6.92 Å². The summed E-state index contributed by atoms with van der Waals surface area (Å²) in [6.07, 6.45) is 6.71. The molecule has 0 saturated carbocycles. The molecule has 0 bridgehead atoms. The van der Waals surface area contributed by atoms with Gasteiger partial charge in [-0.25, -0.2) is 0 Å². The Bertz CT molecular complexity index is 573. The molecular formula is C17H23N3. The molecule has 2 aromatic rings. The van der Waals surface area contributed by atoms with Crippen molar-refractivity contribution < 1.29 is 0 Å². The second-order valence-electron chi connectivity index (χ2n) is 5.95. The minimum atomic E-state index is 0.682. The van der Waals surface area contributed by atoms with Crippen LogP contribution in [0.2, 0.25) is 0 Å². The Balaban J connectivity index is 1.69. The zero-order valence-corrected chi connectivity index (χ0v) is 12.4. The summed E-state index contributed by atoms with van der Waals surface area (Å²) in [5.74, 6) is 0.682. The van der Waals surface area contributed by atoms with E-state index < -0.39 is 0 Å². The third-order valence-corrected chi connectivity index (χ3v) is 4.30. The lowest BCUT2D eigenvalue weighted by atomic mass is 9.88. The monoisotopic (exact) mass is 269 g/mol. The van der Waals surface area contributed by atoms with Gasteiger partial charge >= 0.3 is 0 Å². The summed E-state index contributed by atoms with van der Waals surface area (Å²) in [6.45, 7) is 5.63. The molecule has 1 aromatic carbocycles. The van der Waals surface area contributed by atoms with Crippen LogP contribution in [-0.4, -0.2) is 27.8 Å². The molecule has 0 spiro atoms. The second kappa shape index (κ2) is 5.80. The summed E-state index contributed by atoms with van der Waals surface area (Å²) in [5.41, 5.74) is 4.28. The predicted octanol–water partition coefficient (Wildman–Crippen LogP) is 3.11. The van der Waals surface area contributed by atoms with Crippen LogP contribution in [0.5, 0.6) is 0 Å². The van der Waals surface area contributed by atoms with Gasteiger partial charge in [0.15, 0.2) is 0 Å². The highest BCUT2D eigenvalue weighted by Crippen LogP contribution is 2.29. The summed E-state index contributed by atoms with van der Waals surface area (Å²) in [7, 11) is 1.98. The maximum atomic E-state index is 4.26. The summed E-state index contributed by atoms with van der Waals surface area (Å²) < 4.78 is 1.89. The molecule has 1 aliphatic rings. The molecule has 1 aliphatic heterocycles. The maximum Gasteiger partial charge on any atom is 0.0534 e. The minimum absolute atomic E-state index is 0.682. The van der Waals surface area contributed by atoms with E-state index in [9.17, 15) is 0 Å². The predicted molar refractivity (Wildman–Crippen MR) is 81.6 cm³/mol. The summed E-state index contributed by atoms with van der Waals surface area (Å²) in [6, 6.07) is 8.83. The molecule has 0 N–H and O–H groups in total. The van der Waals surface area contributed by atoms with E-state index in [0.717, 1.165) is 6.54 Å². The largest absolute Gasteiger partial charge is 0.298 e. The number of rotatable bonds is 3. The second-order valence-corrected chi connectivity index (χ2v) is 5.95. The van der Waals surface area contributed by atoms with Crippen LogP contribution in [0.3, 0.4) is 0 Å². The number of hydrogen-bond donors (Lipinski definition) is 0. The van der Waals surface area contributed by atoms with E-state index in [2.05, 4.69) is 47.4 Å². The molecule has 3 rings (SSSR count). The van der Waals surface area contributed by atoms with Gasteiger partial charge in [0.05, 0.1) is 6.20 Å². The van der Waals surface area contributed by atoms with Gasteiger partial charge in [0, 0.05) is 31.9 Å².